The van der Waals surface area contributed by atoms with E-state index in [-0.39, 0.29) is 0 Å². The van der Waals surface area contributed by atoms with Crippen LogP contribution in [-0.4, -0.2) is 19.5 Å². The van der Waals surface area contributed by atoms with Gasteiger partial charge in [0.2, 0.25) is 0 Å². The standard InChI is InChI=1S/C61H34N4O3/c1-2-13-36-32-51-47(30-35(36)12-1)40-14-3-7-19-49(40)65(51)50-29-26-37(31-48(50)45-18-11-23-55-58(45)46-17-6-10-22-54(46)66-55)59-62-60(38-24-27-43-41-15-4-8-20-52(41)67-56(43)33-38)64-61(63-59)39-25-28-44-42-16-5-9-21-53(42)68-57(44)34-39/h1-34H. The van der Waals surface area contributed by atoms with Crippen molar-refractivity contribution in [3.05, 3.63) is 206 Å². The second-order valence-corrected chi connectivity index (χ2v) is 17.5. The highest BCUT2D eigenvalue weighted by Gasteiger charge is 2.23. The smallest absolute Gasteiger partial charge is 0.164 e. The molecule has 15 aromatic rings. The summed E-state index contributed by atoms with van der Waals surface area (Å²) in [7, 11) is 0. The van der Waals surface area contributed by atoms with Gasteiger partial charge in [-0.2, -0.15) is 0 Å². The van der Waals surface area contributed by atoms with Gasteiger partial charge in [0, 0.05) is 65.3 Å². The molecule has 0 saturated heterocycles. The first-order chi connectivity index (χ1) is 33.7. The van der Waals surface area contributed by atoms with E-state index in [0.717, 1.165) is 110 Å². The van der Waals surface area contributed by atoms with Crippen molar-refractivity contribution < 1.29 is 13.3 Å². The van der Waals surface area contributed by atoms with Crippen LogP contribution in [0.15, 0.2) is 220 Å². The zero-order valence-electron chi connectivity index (χ0n) is 36.1. The van der Waals surface area contributed by atoms with Crippen LogP contribution in [0.25, 0.3) is 149 Å². The Morgan fingerprint density at radius 3 is 1.44 bits per heavy atom. The molecule has 0 bridgehead atoms. The number of hydrogen-bond donors (Lipinski definition) is 0. The van der Waals surface area contributed by atoms with Crippen molar-refractivity contribution in [1.82, 2.24) is 19.5 Å². The molecule has 0 unspecified atom stereocenters. The van der Waals surface area contributed by atoms with Gasteiger partial charge in [-0.1, -0.05) is 121 Å². The molecule has 7 heteroatoms. The van der Waals surface area contributed by atoms with Gasteiger partial charge in [0.1, 0.15) is 33.5 Å². The molecule has 0 N–H and O–H groups in total. The first-order valence-electron chi connectivity index (χ1n) is 22.7. The largest absolute Gasteiger partial charge is 0.456 e. The van der Waals surface area contributed by atoms with Crippen molar-refractivity contribution in [2.75, 3.05) is 0 Å². The normalized spacial score (nSPS) is 12.1. The van der Waals surface area contributed by atoms with Crippen molar-refractivity contribution in [3.63, 3.8) is 0 Å². The quantitative estimate of drug-likeness (QED) is 0.171. The number of aromatic nitrogens is 4. The molecule has 0 fully saturated rings. The van der Waals surface area contributed by atoms with Crippen molar-refractivity contribution in [2.45, 2.75) is 0 Å². The van der Waals surface area contributed by atoms with E-state index in [9.17, 15) is 0 Å². The third-order valence-electron chi connectivity index (χ3n) is 13.6. The molecule has 0 aliphatic rings. The molecule has 0 aliphatic heterocycles. The van der Waals surface area contributed by atoms with Crippen LogP contribution >= 0.6 is 0 Å². The topological polar surface area (TPSA) is 83.0 Å². The molecular formula is C61H34N4O3. The number of nitrogens with zero attached hydrogens (tertiary/aromatic N) is 4. The fourth-order valence-electron chi connectivity index (χ4n) is 10.5. The lowest BCUT2D eigenvalue weighted by Gasteiger charge is -2.17. The van der Waals surface area contributed by atoms with Crippen molar-refractivity contribution in [2.24, 2.45) is 0 Å². The van der Waals surface area contributed by atoms with Gasteiger partial charge in [-0.3, -0.25) is 0 Å². The van der Waals surface area contributed by atoms with E-state index in [4.69, 9.17) is 28.2 Å². The Kier molecular flexibility index (Phi) is 7.65. The van der Waals surface area contributed by atoms with Crippen LogP contribution in [0.2, 0.25) is 0 Å². The number of fused-ring (bicyclic) bond motifs is 13. The predicted molar refractivity (Wildman–Crippen MR) is 275 cm³/mol. The van der Waals surface area contributed by atoms with Crippen LogP contribution in [0.1, 0.15) is 0 Å². The van der Waals surface area contributed by atoms with Gasteiger partial charge in [0.15, 0.2) is 17.5 Å². The molecule has 0 amide bonds. The van der Waals surface area contributed by atoms with Gasteiger partial charge in [0.05, 0.1) is 16.7 Å². The summed E-state index contributed by atoms with van der Waals surface area (Å²) < 4.78 is 21.7. The number of benzene rings is 10. The summed E-state index contributed by atoms with van der Waals surface area (Å²) in [6.45, 7) is 0. The lowest BCUT2D eigenvalue weighted by Crippen LogP contribution is -2.02. The third kappa shape index (κ3) is 5.50. The van der Waals surface area contributed by atoms with Crippen molar-refractivity contribution in [3.8, 4) is 51.0 Å². The molecule has 316 valence electrons. The van der Waals surface area contributed by atoms with Crippen LogP contribution in [0.3, 0.4) is 0 Å². The van der Waals surface area contributed by atoms with Crippen molar-refractivity contribution >= 4 is 98.4 Å². The van der Waals surface area contributed by atoms with Gasteiger partial charge in [-0.25, -0.2) is 15.0 Å². The molecule has 5 aromatic heterocycles. The van der Waals surface area contributed by atoms with E-state index in [1.807, 2.05) is 60.7 Å². The highest BCUT2D eigenvalue weighted by atomic mass is 16.3. The van der Waals surface area contributed by atoms with Crippen LogP contribution < -0.4 is 0 Å². The zero-order valence-corrected chi connectivity index (χ0v) is 36.1. The maximum Gasteiger partial charge on any atom is 0.164 e. The van der Waals surface area contributed by atoms with Crippen LogP contribution in [0.4, 0.5) is 0 Å². The number of para-hydroxylation sites is 4. The molecular weight excluding hydrogens is 837 g/mol. The second kappa shape index (κ2) is 14.1. The Bertz CT molecular complexity index is 4460. The van der Waals surface area contributed by atoms with E-state index in [1.165, 1.54) is 21.5 Å². The van der Waals surface area contributed by atoms with E-state index >= 15 is 0 Å². The Morgan fingerprint density at radius 1 is 0.294 bits per heavy atom. The number of rotatable bonds is 5. The first-order valence-corrected chi connectivity index (χ1v) is 22.7. The van der Waals surface area contributed by atoms with Crippen LogP contribution in [-0.2, 0) is 0 Å². The fraction of sp³-hybridized carbons (Fsp3) is 0. The first kappa shape index (κ1) is 36.9. The van der Waals surface area contributed by atoms with Gasteiger partial charge in [-0.05, 0) is 101 Å². The lowest BCUT2D eigenvalue weighted by atomic mass is 9.95. The Hall–Kier alpha value is -9.33. The number of furan rings is 3. The third-order valence-corrected chi connectivity index (χ3v) is 13.6. The summed E-state index contributed by atoms with van der Waals surface area (Å²) in [5.74, 6) is 1.59. The van der Waals surface area contributed by atoms with Gasteiger partial charge >= 0.3 is 0 Å². The molecule has 0 atom stereocenters. The molecule has 7 nitrogen and oxygen atoms in total. The summed E-state index contributed by atoms with van der Waals surface area (Å²) in [5, 5.41) is 11.1. The fourth-order valence-corrected chi connectivity index (χ4v) is 10.5. The Labute approximate surface area is 386 Å². The molecule has 10 aromatic carbocycles. The predicted octanol–water partition coefficient (Wildman–Crippen LogP) is 16.5. The average Bonchev–Trinajstić information content (AvgIpc) is 4.16. The highest BCUT2D eigenvalue weighted by molar-refractivity contribution is 6.16. The zero-order chi connectivity index (χ0) is 44.5. The van der Waals surface area contributed by atoms with Gasteiger partial charge in [-0.15, -0.1) is 0 Å². The molecule has 68 heavy (non-hydrogen) atoms. The Morgan fingerprint density at radius 2 is 0.779 bits per heavy atom. The molecule has 0 saturated carbocycles. The maximum atomic E-state index is 6.52. The summed E-state index contributed by atoms with van der Waals surface area (Å²) in [4.78, 5) is 15.8. The second-order valence-electron chi connectivity index (χ2n) is 17.5. The summed E-state index contributed by atoms with van der Waals surface area (Å²) in [6, 6.07) is 71.7. The van der Waals surface area contributed by atoms with Crippen LogP contribution in [0.5, 0.6) is 0 Å². The van der Waals surface area contributed by atoms with Crippen LogP contribution in [0, 0.1) is 0 Å². The van der Waals surface area contributed by atoms with Gasteiger partial charge < -0.3 is 17.8 Å². The minimum Gasteiger partial charge on any atom is -0.456 e. The highest BCUT2D eigenvalue weighted by Crippen LogP contribution is 2.44. The minimum absolute atomic E-state index is 0.528. The monoisotopic (exact) mass is 870 g/mol. The summed E-state index contributed by atoms with van der Waals surface area (Å²) in [5.41, 5.74) is 12.6. The average molecular weight is 871 g/mol. The summed E-state index contributed by atoms with van der Waals surface area (Å²) >= 11 is 0. The van der Waals surface area contributed by atoms with Gasteiger partial charge in [0.25, 0.3) is 0 Å². The SMILES string of the molecule is c1ccc2cc3c(cc2c1)c1ccccc1n3-c1ccc(-c2nc(-c3ccc4c(c3)oc3ccccc34)nc(-c3ccc4c(c3)oc3ccccc34)n2)cc1-c1cccc2oc3ccccc3c12. The molecule has 5 heterocycles. The molecule has 15 rings (SSSR count). The molecule has 0 radical (unpaired) electrons. The van der Waals surface area contributed by atoms with E-state index in [1.54, 1.807) is 0 Å². The molecule has 0 aliphatic carbocycles. The molecule has 0 spiro atoms. The minimum atomic E-state index is 0.528. The van der Waals surface area contributed by atoms with E-state index in [0.29, 0.717) is 17.5 Å². The van der Waals surface area contributed by atoms with E-state index < -0.39 is 0 Å². The Balaban J connectivity index is 1.00. The maximum absolute atomic E-state index is 6.52. The summed E-state index contributed by atoms with van der Waals surface area (Å²) in [6.07, 6.45) is 0. The van der Waals surface area contributed by atoms with Crippen molar-refractivity contribution in [1.29, 1.82) is 0 Å². The number of hydrogen-bond acceptors (Lipinski definition) is 6. The lowest BCUT2D eigenvalue weighted by molar-refractivity contribution is 0.668. The van der Waals surface area contributed by atoms with E-state index in [2.05, 4.69) is 150 Å².